The minimum atomic E-state index is -4.46. The highest BCUT2D eigenvalue weighted by molar-refractivity contribution is 5.65. The van der Waals surface area contributed by atoms with Crippen LogP contribution in [0.4, 0.5) is 24.5 Å². The summed E-state index contributed by atoms with van der Waals surface area (Å²) in [6.45, 7) is 1.29. The number of anilines is 2. The van der Waals surface area contributed by atoms with Crippen LogP contribution in [0, 0.1) is 0 Å². The van der Waals surface area contributed by atoms with Crippen molar-refractivity contribution in [2.45, 2.75) is 38.0 Å². The highest BCUT2D eigenvalue weighted by atomic mass is 19.4. The molecule has 1 aromatic heterocycles. The summed E-state index contributed by atoms with van der Waals surface area (Å²) in [6.07, 6.45) is 0.723. The Morgan fingerprint density at radius 3 is 2.85 bits per heavy atom. The van der Waals surface area contributed by atoms with Gasteiger partial charge in [-0.25, -0.2) is 4.98 Å². The van der Waals surface area contributed by atoms with Crippen LogP contribution in [0.3, 0.4) is 0 Å². The molecular weight excluding hydrogens is 271 g/mol. The van der Waals surface area contributed by atoms with Crippen LogP contribution in [0.1, 0.15) is 31.4 Å². The third-order valence-electron chi connectivity index (χ3n) is 3.28. The molecule has 1 saturated heterocycles. The zero-order chi connectivity index (χ0) is 14.6. The minimum Gasteiger partial charge on any atom is -0.396 e. The third-order valence-corrected chi connectivity index (χ3v) is 3.28. The molecule has 2 rings (SSSR count). The first-order valence-electron chi connectivity index (χ1n) is 6.65. The van der Waals surface area contributed by atoms with Crippen molar-refractivity contribution in [3.63, 3.8) is 0 Å². The number of alkyl halides is 3. The smallest absolute Gasteiger partial charge is 0.396 e. The van der Waals surface area contributed by atoms with Gasteiger partial charge in [0.25, 0.3) is 0 Å². The molecular formula is C13H18F3N3O. The highest BCUT2D eigenvalue weighted by Crippen LogP contribution is 2.31. The number of aromatic nitrogens is 1. The van der Waals surface area contributed by atoms with Crippen LogP contribution in [0.2, 0.25) is 0 Å². The standard InChI is InChI=1S/C13H18F3N3O/c14-13(15,16)12-7-11(10(17)8-19-12)18-5-4-9-3-1-2-6-20-9/h7-9H,1-6,17H2,(H,18,19). The molecule has 0 saturated carbocycles. The number of nitrogen functional groups attached to an aromatic ring is 1. The molecule has 7 heteroatoms. The number of rotatable bonds is 4. The van der Waals surface area contributed by atoms with Gasteiger partial charge in [0, 0.05) is 13.2 Å². The van der Waals surface area contributed by atoms with E-state index in [0.29, 0.717) is 6.54 Å². The van der Waals surface area contributed by atoms with Crippen molar-refractivity contribution in [3.05, 3.63) is 18.0 Å². The molecule has 4 nitrogen and oxygen atoms in total. The van der Waals surface area contributed by atoms with E-state index in [4.69, 9.17) is 10.5 Å². The quantitative estimate of drug-likeness (QED) is 0.894. The molecule has 2 heterocycles. The number of pyridine rings is 1. The zero-order valence-corrected chi connectivity index (χ0v) is 11.0. The number of nitrogens with zero attached hydrogens (tertiary/aromatic N) is 1. The predicted octanol–water partition coefficient (Wildman–Crippen LogP) is 3.05. The van der Waals surface area contributed by atoms with E-state index < -0.39 is 11.9 Å². The molecule has 1 aliphatic rings. The van der Waals surface area contributed by atoms with Crippen molar-refractivity contribution in [2.75, 3.05) is 24.2 Å². The van der Waals surface area contributed by atoms with Crippen LogP contribution in [0.15, 0.2) is 12.3 Å². The van der Waals surface area contributed by atoms with Gasteiger partial charge in [0.15, 0.2) is 0 Å². The molecule has 0 radical (unpaired) electrons. The summed E-state index contributed by atoms with van der Waals surface area (Å²) in [5.41, 5.74) is 5.16. The Hall–Kier alpha value is -1.50. The molecule has 0 spiro atoms. The number of hydrogen-bond acceptors (Lipinski definition) is 4. The molecule has 0 aliphatic carbocycles. The summed E-state index contributed by atoms with van der Waals surface area (Å²) in [7, 11) is 0. The second-order valence-corrected chi connectivity index (χ2v) is 4.86. The Kier molecular flexibility index (Phi) is 4.69. The largest absolute Gasteiger partial charge is 0.433 e. The second kappa shape index (κ2) is 6.30. The topological polar surface area (TPSA) is 60.2 Å². The molecule has 1 aliphatic heterocycles. The van der Waals surface area contributed by atoms with Gasteiger partial charge in [0.1, 0.15) is 5.69 Å². The summed E-state index contributed by atoms with van der Waals surface area (Å²) < 4.78 is 43.2. The monoisotopic (exact) mass is 289 g/mol. The summed E-state index contributed by atoms with van der Waals surface area (Å²) in [4.78, 5) is 3.29. The lowest BCUT2D eigenvalue weighted by atomic mass is 10.1. The van der Waals surface area contributed by atoms with Gasteiger partial charge in [-0.1, -0.05) is 0 Å². The van der Waals surface area contributed by atoms with Crippen molar-refractivity contribution >= 4 is 11.4 Å². The Morgan fingerprint density at radius 2 is 2.20 bits per heavy atom. The maximum absolute atomic E-state index is 12.6. The van der Waals surface area contributed by atoms with Gasteiger partial charge in [0.05, 0.1) is 23.7 Å². The first-order chi connectivity index (χ1) is 9.47. The van der Waals surface area contributed by atoms with Gasteiger partial charge in [-0.15, -0.1) is 0 Å². The molecule has 1 atom stereocenters. The van der Waals surface area contributed by atoms with E-state index in [1.54, 1.807) is 0 Å². The molecule has 20 heavy (non-hydrogen) atoms. The third kappa shape index (κ3) is 4.00. The maximum Gasteiger partial charge on any atom is 0.433 e. The van der Waals surface area contributed by atoms with Crippen LogP contribution in [0.5, 0.6) is 0 Å². The van der Waals surface area contributed by atoms with Crippen LogP contribution in [0.25, 0.3) is 0 Å². The van der Waals surface area contributed by atoms with Crippen LogP contribution in [-0.2, 0) is 10.9 Å². The zero-order valence-electron chi connectivity index (χ0n) is 11.0. The Balaban J connectivity index is 1.91. The van der Waals surface area contributed by atoms with Gasteiger partial charge >= 0.3 is 6.18 Å². The normalized spacial score (nSPS) is 19.9. The average molecular weight is 289 g/mol. The van der Waals surface area contributed by atoms with Crippen LogP contribution >= 0.6 is 0 Å². The maximum atomic E-state index is 12.6. The summed E-state index contributed by atoms with van der Waals surface area (Å²) >= 11 is 0. The van der Waals surface area contributed by atoms with Crippen molar-refractivity contribution in [1.82, 2.24) is 4.98 Å². The van der Waals surface area contributed by atoms with Crippen molar-refractivity contribution in [1.29, 1.82) is 0 Å². The van der Waals surface area contributed by atoms with Gasteiger partial charge in [-0.05, 0) is 31.7 Å². The lowest BCUT2D eigenvalue weighted by Crippen LogP contribution is -2.22. The highest BCUT2D eigenvalue weighted by Gasteiger charge is 2.32. The molecule has 1 fully saturated rings. The van der Waals surface area contributed by atoms with Crippen molar-refractivity contribution < 1.29 is 17.9 Å². The fourth-order valence-electron chi connectivity index (χ4n) is 2.18. The lowest BCUT2D eigenvalue weighted by molar-refractivity contribution is -0.141. The number of hydrogen-bond donors (Lipinski definition) is 2. The predicted molar refractivity (Wildman–Crippen MR) is 70.3 cm³/mol. The lowest BCUT2D eigenvalue weighted by Gasteiger charge is -2.23. The number of ether oxygens (including phenoxy) is 1. The molecule has 1 unspecified atom stereocenters. The Morgan fingerprint density at radius 1 is 1.40 bits per heavy atom. The van der Waals surface area contributed by atoms with Gasteiger partial charge in [0.2, 0.25) is 0 Å². The molecule has 3 N–H and O–H groups in total. The van der Waals surface area contributed by atoms with E-state index in [-0.39, 0.29) is 17.5 Å². The fraction of sp³-hybridized carbons (Fsp3) is 0.615. The molecule has 112 valence electrons. The van der Waals surface area contributed by atoms with E-state index in [1.807, 2.05) is 0 Å². The first kappa shape index (κ1) is 14.9. The molecule has 0 bridgehead atoms. The summed E-state index contributed by atoms with van der Waals surface area (Å²) in [5.74, 6) is 0. The van der Waals surface area contributed by atoms with Crippen molar-refractivity contribution in [3.8, 4) is 0 Å². The molecule has 0 amide bonds. The van der Waals surface area contributed by atoms with E-state index >= 15 is 0 Å². The average Bonchev–Trinajstić information content (AvgIpc) is 2.41. The molecule has 1 aromatic rings. The SMILES string of the molecule is Nc1cnc(C(F)(F)F)cc1NCCC1CCCCO1. The van der Waals surface area contributed by atoms with Gasteiger partial charge in [-0.2, -0.15) is 13.2 Å². The fourth-order valence-corrected chi connectivity index (χ4v) is 2.18. The molecule has 0 aromatic carbocycles. The second-order valence-electron chi connectivity index (χ2n) is 4.86. The van der Waals surface area contributed by atoms with E-state index in [0.717, 1.165) is 44.6 Å². The van der Waals surface area contributed by atoms with E-state index in [1.165, 1.54) is 0 Å². The van der Waals surface area contributed by atoms with Gasteiger partial charge < -0.3 is 15.8 Å². The first-order valence-corrected chi connectivity index (χ1v) is 6.65. The number of nitrogens with one attached hydrogen (secondary N) is 1. The summed E-state index contributed by atoms with van der Waals surface area (Å²) in [6, 6.07) is 0.942. The van der Waals surface area contributed by atoms with Crippen molar-refractivity contribution in [2.24, 2.45) is 0 Å². The Bertz CT molecular complexity index is 445. The Labute approximate surface area is 115 Å². The van der Waals surface area contributed by atoms with Crippen LogP contribution in [-0.4, -0.2) is 24.2 Å². The van der Waals surface area contributed by atoms with E-state index in [9.17, 15) is 13.2 Å². The summed E-state index contributed by atoms with van der Waals surface area (Å²) in [5, 5.41) is 2.93. The van der Waals surface area contributed by atoms with Crippen LogP contribution < -0.4 is 11.1 Å². The number of nitrogens with two attached hydrogens (primary N) is 1. The van der Waals surface area contributed by atoms with Gasteiger partial charge in [-0.3, -0.25) is 0 Å². The number of halogens is 3. The minimum absolute atomic E-state index is 0.182. The van der Waals surface area contributed by atoms with E-state index in [2.05, 4.69) is 10.3 Å².